The van der Waals surface area contributed by atoms with Gasteiger partial charge in [0.05, 0.1) is 44.3 Å². The molecule has 34 heavy (non-hydrogen) atoms. The molecule has 3 aliphatic heterocycles. The summed E-state index contributed by atoms with van der Waals surface area (Å²) in [5.74, 6) is 1.08. The molecule has 1 unspecified atom stereocenters. The van der Waals surface area contributed by atoms with Crippen LogP contribution in [0.1, 0.15) is 43.5 Å². The highest BCUT2D eigenvalue weighted by molar-refractivity contribution is 6.18. The van der Waals surface area contributed by atoms with E-state index in [0.29, 0.717) is 23.7 Å². The highest BCUT2D eigenvalue weighted by Gasteiger charge is 2.60. The van der Waals surface area contributed by atoms with Gasteiger partial charge in [-0.15, -0.1) is 0 Å². The van der Waals surface area contributed by atoms with Crippen LogP contribution in [0.25, 0.3) is 11.1 Å². The molecule has 0 radical (unpaired) electrons. The molecule has 5 rings (SSSR count). The van der Waals surface area contributed by atoms with Gasteiger partial charge in [-0.1, -0.05) is 13.3 Å². The van der Waals surface area contributed by atoms with E-state index in [4.69, 9.17) is 13.9 Å². The van der Waals surface area contributed by atoms with Crippen molar-refractivity contribution in [2.24, 2.45) is 11.8 Å². The van der Waals surface area contributed by atoms with Crippen LogP contribution in [0.5, 0.6) is 5.75 Å². The molecule has 7 nitrogen and oxygen atoms in total. The highest BCUT2D eigenvalue weighted by atomic mass is 16.5. The Morgan fingerprint density at radius 2 is 2.15 bits per heavy atom. The second-order valence-electron chi connectivity index (χ2n) is 9.64. The van der Waals surface area contributed by atoms with Gasteiger partial charge in [0.2, 0.25) is 0 Å². The third-order valence-corrected chi connectivity index (χ3v) is 8.09. The standard InChI is InChI=1S/C27H32N2O5/c1-5-17-13-29-10-9-27(23(29)12-20(17)21(15-32-3)16(2)30)26(31)24-22(33-4)7-6-19(25(24)28-27)18-8-11-34-14-18/h6-8,11,14-15,17,20,23,28H,5,9-10,12-13H2,1-4H3/b21-15-/t17-,20+,23?,27+/m1/s1. The van der Waals surface area contributed by atoms with Crippen LogP contribution in [0, 0.1) is 11.8 Å². The maximum atomic E-state index is 14.2. The van der Waals surface area contributed by atoms with Crippen LogP contribution in [0.15, 0.2) is 47.0 Å². The van der Waals surface area contributed by atoms with Crippen molar-refractivity contribution in [2.45, 2.75) is 44.7 Å². The fraction of sp³-hybridized carbons (Fsp3) is 0.481. The number of nitrogens with zero attached hydrogens (tertiary/aromatic N) is 1. The van der Waals surface area contributed by atoms with Crippen LogP contribution >= 0.6 is 0 Å². The number of rotatable bonds is 6. The van der Waals surface area contributed by atoms with E-state index < -0.39 is 5.54 Å². The Hall–Kier alpha value is -3.06. The Morgan fingerprint density at radius 1 is 1.32 bits per heavy atom. The molecule has 1 aromatic carbocycles. The van der Waals surface area contributed by atoms with Crippen LogP contribution in [0.4, 0.5) is 5.69 Å². The number of fused-ring (bicyclic) bond motifs is 3. The number of ether oxygens (including phenoxy) is 2. The lowest BCUT2D eigenvalue weighted by atomic mass is 9.71. The van der Waals surface area contributed by atoms with Crippen molar-refractivity contribution < 1.29 is 23.5 Å². The minimum Gasteiger partial charge on any atom is -0.504 e. The van der Waals surface area contributed by atoms with Gasteiger partial charge in [0.25, 0.3) is 0 Å². The molecule has 4 heterocycles. The summed E-state index contributed by atoms with van der Waals surface area (Å²) < 4.78 is 16.2. The molecule has 0 amide bonds. The summed E-state index contributed by atoms with van der Waals surface area (Å²) in [5, 5.41) is 3.70. The molecular weight excluding hydrogens is 432 g/mol. The number of benzene rings is 1. The first-order valence-electron chi connectivity index (χ1n) is 12.0. The molecule has 0 saturated carbocycles. The Balaban J connectivity index is 1.57. The molecule has 4 atom stereocenters. The number of hydrogen-bond donors (Lipinski definition) is 1. The first-order valence-corrected chi connectivity index (χ1v) is 12.0. The zero-order valence-electron chi connectivity index (χ0n) is 20.2. The van der Waals surface area contributed by atoms with Gasteiger partial charge >= 0.3 is 0 Å². The fourth-order valence-electron chi connectivity index (χ4n) is 6.42. The van der Waals surface area contributed by atoms with Crippen molar-refractivity contribution in [3.63, 3.8) is 0 Å². The summed E-state index contributed by atoms with van der Waals surface area (Å²) in [4.78, 5) is 29.1. The van der Waals surface area contributed by atoms with E-state index in [-0.39, 0.29) is 23.5 Å². The van der Waals surface area contributed by atoms with Crippen molar-refractivity contribution in [3.8, 4) is 16.9 Å². The molecule has 0 bridgehead atoms. The Kier molecular flexibility index (Phi) is 5.76. The van der Waals surface area contributed by atoms with Gasteiger partial charge < -0.3 is 19.2 Å². The topological polar surface area (TPSA) is 81.0 Å². The number of furan rings is 1. The number of hydrogen-bond acceptors (Lipinski definition) is 7. The lowest BCUT2D eigenvalue weighted by molar-refractivity contribution is -0.114. The molecule has 2 fully saturated rings. The molecule has 3 aliphatic rings. The summed E-state index contributed by atoms with van der Waals surface area (Å²) in [6.07, 6.45) is 7.34. The number of nitrogens with one attached hydrogen (secondary N) is 1. The minimum atomic E-state index is -0.749. The quantitative estimate of drug-likeness (QED) is 0.496. The molecule has 1 spiro atoms. The molecule has 7 heteroatoms. The van der Waals surface area contributed by atoms with Crippen LogP contribution in [-0.4, -0.2) is 55.4 Å². The van der Waals surface area contributed by atoms with Gasteiger partial charge in [-0.2, -0.15) is 0 Å². The van der Waals surface area contributed by atoms with E-state index >= 15 is 0 Å². The maximum absolute atomic E-state index is 14.2. The predicted molar refractivity (Wildman–Crippen MR) is 129 cm³/mol. The summed E-state index contributed by atoms with van der Waals surface area (Å²) in [6.45, 7) is 5.48. The summed E-state index contributed by atoms with van der Waals surface area (Å²) in [6, 6.07) is 5.71. The van der Waals surface area contributed by atoms with Gasteiger partial charge in [-0.05, 0) is 49.8 Å². The third-order valence-electron chi connectivity index (χ3n) is 8.09. The first kappa shape index (κ1) is 22.7. The second-order valence-corrected chi connectivity index (χ2v) is 9.64. The van der Waals surface area contributed by atoms with E-state index in [1.165, 1.54) is 0 Å². The number of ketones is 2. The van der Waals surface area contributed by atoms with Crippen molar-refractivity contribution in [1.29, 1.82) is 0 Å². The van der Waals surface area contributed by atoms with Crippen molar-refractivity contribution in [2.75, 3.05) is 32.6 Å². The number of allylic oxidation sites excluding steroid dienone is 1. The number of methoxy groups -OCH3 is 2. The zero-order valence-corrected chi connectivity index (χ0v) is 20.2. The average molecular weight is 465 g/mol. The monoisotopic (exact) mass is 464 g/mol. The van der Waals surface area contributed by atoms with Crippen LogP contribution < -0.4 is 10.1 Å². The van der Waals surface area contributed by atoms with E-state index in [1.54, 1.807) is 39.9 Å². The van der Waals surface area contributed by atoms with Crippen LogP contribution in [0.2, 0.25) is 0 Å². The number of carbonyl (C=O) groups is 2. The predicted octanol–water partition coefficient (Wildman–Crippen LogP) is 4.54. The number of anilines is 1. The van der Waals surface area contributed by atoms with Gasteiger partial charge in [0, 0.05) is 35.8 Å². The van der Waals surface area contributed by atoms with E-state index in [1.807, 2.05) is 18.2 Å². The number of Topliss-reactive ketones (excluding diaryl/α,β-unsaturated/α-hetero) is 2. The summed E-state index contributed by atoms with van der Waals surface area (Å²) >= 11 is 0. The van der Waals surface area contributed by atoms with E-state index in [9.17, 15) is 9.59 Å². The average Bonchev–Trinajstić information content (AvgIpc) is 3.56. The van der Waals surface area contributed by atoms with Crippen LogP contribution in [-0.2, 0) is 9.53 Å². The lowest BCUT2D eigenvalue weighted by Gasteiger charge is -2.45. The number of piperidine rings is 1. The first-order chi connectivity index (χ1) is 16.4. The lowest BCUT2D eigenvalue weighted by Crippen LogP contribution is -2.57. The van der Waals surface area contributed by atoms with Gasteiger partial charge in [0.15, 0.2) is 11.6 Å². The smallest absolute Gasteiger partial charge is 0.195 e. The van der Waals surface area contributed by atoms with Gasteiger partial charge in [-0.3, -0.25) is 14.5 Å². The largest absolute Gasteiger partial charge is 0.504 e. The molecule has 1 aromatic heterocycles. The number of carbonyl (C=O) groups excluding carboxylic acids is 2. The molecule has 1 N–H and O–H groups in total. The fourth-order valence-corrected chi connectivity index (χ4v) is 6.42. The Morgan fingerprint density at radius 3 is 2.79 bits per heavy atom. The zero-order chi connectivity index (χ0) is 24.0. The Bertz CT molecular complexity index is 1140. The Labute approximate surface area is 200 Å². The van der Waals surface area contributed by atoms with Crippen molar-refractivity contribution >= 4 is 17.3 Å². The molecule has 2 aromatic rings. The maximum Gasteiger partial charge on any atom is 0.195 e. The molecular formula is C27H32N2O5. The highest BCUT2D eigenvalue weighted by Crippen LogP contribution is 2.52. The van der Waals surface area contributed by atoms with Crippen molar-refractivity contribution in [3.05, 3.63) is 48.1 Å². The van der Waals surface area contributed by atoms with Crippen LogP contribution in [0.3, 0.4) is 0 Å². The second kappa shape index (κ2) is 8.62. The third kappa shape index (κ3) is 3.28. The van der Waals surface area contributed by atoms with Gasteiger partial charge in [0.1, 0.15) is 11.3 Å². The SMILES string of the molecule is CC[C@@H]1CN2CC[C@]3(Nc4c(-c5ccoc5)ccc(OC)c4C3=O)C2C[C@@H]1/C(=C\OC)C(C)=O. The molecule has 2 saturated heterocycles. The normalized spacial score (nSPS) is 28.5. The van der Waals surface area contributed by atoms with Gasteiger partial charge in [-0.25, -0.2) is 0 Å². The molecule has 180 valence electrons. The molecule has 0 aliphatic carbocycles. The summed E-state index contributed by atoms with van der Waals surface area (Å²) in [5.41, 5.74) is 3.23. The van der Waals surface area contributed by atoms with Crippen molar-refractivity contribution in [1.82, 2.24) is 4.90 Å². The van der Waals surface area contributed by atoms with E-state index in [2.05, 4.69) is 17.1 Å². The minimum absolute atomic E-state index is 0.0262. The summed E-state index contributed by atoms with van der Waals surface area (Å²) in [7, 11) is 3.18. The van der Waals surface area contributed by atoms with E-state index in [0.717, 1.165) is 48.3 Å².